The molecule has 1 saturated heterocycles. The highest BCUT2D eigenvalue weighted by Gasteiger charge is 2.22. The molecule has 1 aromatic rings. The fourth-order valence-corrected chi connectivity index (χ4v) is 2.61. The highest BCUT2D eigenvalue weighted by molar-refractivity contribution is 4.78. The molecular weight excluding hydrogens is 240 g/mol. The Hall–Kier alpha value is -0.910. The lowest BCUT2D eigenvalue weighted by molar-refractivity contribution is 0.0175. The van der Waals surface area contributed by atoms with Crippen molar-refractivity contribution in [2.24, 2.45) is 0 Å². The molecule has 1 N–H and O–H groups in total. The lowest BCUT2D eigenvalue weighted by atomic mass is 10.1. The van der Waals surface area contributed by atoms with Gasteiger partial charge in [0.2, 0.25) is 0 Å². The van der Waals surface area contributed by atoms with Crippen molar-refractivity contribution in [3.63, 3.8) is 0 Å². The molecule has 1 aliphatic rings. The first-order chi connectivity index (χ1) is 9.03. The quantitative estimate of drug-likeness (QED) is 0.821. The Morgan fingerprint density at radius 3 is 2.37 bits per heavy atom. The first-order valence-electron chi connectivity index (χ1n) is 7.16. The number of aromatic nitrogens is 2. The molecule has 0 saturated carbocycles. The molecule has 19 heavy (non-hydrogen) atoms. The third kappa shape index (κ3) is 5.30. The summed E-state index contributed by atoms with van der Waals surface area (Å²) >= 11 is 0. The standard InChI is InChI=1S/C14H26N4O/c1-14(2,19)12-17-10-8-16(9-11-17)5-3-6-18-7-4-15-13-18/h4,7,13,19H,3,5-6,8-12H2,1-2H3. The molecule has 0 bridgehead atoms. The Morgan fingerprint density at radius 1 is 1.11 bits per heavy atom. The van der Waals surface area contributed by atoms with E-state index in [1.807, 2.05) is 32.6 Å². The molecular formula is C14H26N4O. The van der Waals surface area contributed by atoms with Crippen LogP contribution in [0.3, 0.4) is 0 Å². The normalized spacial score (nSPS) is 18.9. The number of imidazole rings is 1. The lowest BCUT2D eigenvalue weighted by Gasteiger charge is -2.37. The predicted molar refractivity (Wildman–Crippen MR) is 76.0 cm³/mol. The smallest absolute Gasteiger partial charge is 0.0945 e. The number of hydrogen-bond acceptors (Lipinski definition) is 4. The number of β-amino-alcohol motifs (C(OH)–C–C–N with tert-alkyl or cyclic N) is 1. The van der Waals surface area contributed by atoms with Gasteiger partial charge in [-0.1, -0.05) is 0 Å². The highest BCUT2D eigenvalue weighted by atomic mass is 16.3. The molecule has 108 valence electrons. The van der Waals surface area contributed by atoms with Crippen molar-refractivity contribution in [3.05, 3.63) is 18.7 Å². The molecule has 0 amide bonds. The van der Waals surface area contributed by atoms with Crippen LogP contribution < -0.4 is 0 Å². The molecule has 5 heteroatoms. The first kappa shape index (κ1) is 14.5. The summed E-state index contributed by atoms with van der Waals surface area (Å²) in [6, 6.07) is 0. The van der Waals surface area contributed by atoms with Gasteiger partial charge < -0.3 is 14.6 Å². The Labute approximate surface area is 115 Å². The van der Waals surface area contributed by atoms with E-state index in [1.165, 1.54) is 6.42 Å². The van der Waals surface area contributed by atoms with E-state index in [1.54, 1.807) is 0 Å². The number of piperazine rings is 1. The Morgan fingerprint density at radius 2 is 1.79 bits per heavy atom. The molecule has 0 spiro atoms. The number of hydrogen-bond donors (Lipinski definition) is 1. The van der Waals surface area contributed by atoms with E-state index in [2.05, 4.69) is 19.4 Å². The minimum Gasteiger partial charge on any atom is -0.389 e. The van der Waals surface area contributed by atoms with Crippen molar-refractivity contribution >= 4 is 0 Å². The van der Waals surface area contributed by atoms with Crippen molar-refractivity contribution in [2.45, 2.75) is 32.4 Å². The minimum atomic E-state index is -0.580. The Balaban J connectivity index is 1.61. The van der Waals surface area contributed by atoms with Crippen LogP contribution in [0.2, 0.25) is 0 Å². The zero-order valence-corrected chi connectivity index (χ0v) is 12.1. The van der Waals surface area contributed by atoms with Gasteiger partial charge in [-0.3, -0.25) is 4.90 Å². The Kier molecular flexibility index (Phi) is 4.96. The van der Waals surface area contributed by atoms with Crippen LogP contribution in [0.1, 0.15) is 20.3 Å². The van der Waals surface area contributed by atoms with E-state index >= 15 is 0 Å². The summed E-state index contributed by atoms with van der Waals surface area (Å²) in [5.74, 6) is 0. The van der Waals surface area contributed by atoms with Crippen LogP contribution in [-0.4, -0.2) is 69.3 Å². The van der Waals surface area contributed by atoms with E-state index < -0.39 is 5.60 Å². The van der Waals surface area contributed by atoms with Crippen molar-refractivity contribution in [1.29, 1.82) is 0 Å². The van der Waals surface area contributed by atoms with E-state index in [0.29, 0.717) is 0 Å². The lowest BCUT2D eigenvalue weighted by Crippen LogP contribution is -2.50. The number of rotatable bonds is 6. The molecule has 1 aromatic heterocycles. The molecule has 0 radical (unpaired) electrons. The van der Waals surface area contributed by atoms with E-state index in [-0.39, 0.29) is 0 Å². The average molecular weight is 266 g/mol. The van der Waals surface area contributed by atoms with Crippen LogP contribution in [0.15, 0.2) is 18.7 Å². The number of nitrogens with zero attached hydrogens (tertiary/aromatic N) is 4. The van der Waals surface area contributed by atoms with Gasteiger partial charge in [-0.25, -0.2) is 4.98 Å². The molecule has 0 atom stereocenters. The first-order valence-corrected chi connectivity index (χ1v) is 7.16. The van der Waals surface area contributed by atoms with Gasteiger partial charge >= 0.3 is 0 Å². The zero-order chi connectivity index (χ0) is 13.7. The third-order valence-electron chi connectivity index (χ3n) is 3.53. The summed E-state index contributed by atoms with van der Waals surface area (Å²) in [6.45, 7) is 11.1. The van der Waals surface area contributed by atoms with Gasteiger partial charge in [0.05, 0.1) is 11.9 Å². The molecule has 0 aliphatic carbocycles. The second-order valence-corrected chi connectivity index (χ2v) is 6.08. The largest absolute Gasteiger partial charge is 0.389 e. The van der Waals surface area contributed by atoms with Gasteiger partial charge in [-0.2, -0.15) is 0 Å². The molecule has 1 fully saturated rings. The maximum absolute atomic E-state index is 9.82. The summed E-state index contributed by atoms with van der Waals surface area (Å²) in [5, 5.41) is 9.82. The van der Waals surface area contributed by atoms with Crippen LogP contribution in [0, 0.1) is 0 Å². The van der Waals surface area contributed by atoms with Gasteiger partial charge in [-0.15, -0.1) is 0 Å². The number of aryl methyl sites for hydroxylation is 1. The van der Waals surface area contributed by atoms with Gasteiger partial charge in [0, 0.05) is 51.7 Å². The summed E-state index contributed by atoms with van der Waals surface area (Å²) in [6.07, 6.45) is 6.89. The number of aliphatic hydroxyl groups is 1. The summed E-state index contributed by atoms with van der Waals surface area (Å²) in [7, 11) is 0. The average Bonchev–Trinajstić information content (AvgIpc) is 2.82. The van der Waals surface area contributed by atoms with Crippen LogP contribution >= 0.6 is 0 Å². The van der Waals surface area contributed by atoms with Crippen LogP contribution in [0.4, 0.5) is 0 Å². The fraction of sp³-hybridized carbons (Fsp3) is 0.786. The Bertz CT molecular complexity index is 350. The summed E-state index contributed by atoms with van der Waals surface area (Å²) in [4.78, 5) is 8.92. The topological polar surface area (TPSA) is 44.5 Å². The van der Waals surface area contributed by atoms with Gasteiger partial charge in [0.15, 0.2) is 0 Å². The van der Waals surface area contributed by atoms with Gasteiger partial charge in [-0.05, 0) is 26.8 Å². The molecule has 0 aromatic carbocycles. The molecule has 5 nitrogen and oxygen atoms in total. The molecule has 2 heterocycles. The second kappa shape index (κ2) is 6.50. The highest BCUT2D eigenvalue weighted by Crippen LogP contribution is 2.09. The second-order valence-electron chi connectivity index (χ2n) is 6.08. The van der Waals surface area contributed by atoms with Gasteiger partial charge in [0.25, 0.3) is 0 Å². The fourth-order valence-electron chi connectivity index (χ4n) is 2.61. The molecule has 1 aliphatic heterocycles. The van der Waals surface area contributed by atoms with Gasteiger partial charge in [0.1, 0.15) is 0 Å². The molecule has 0 unspecified atom stereocenters. The van der Waals surface area contributed by atoms with Crippen LogP contribution in [0.5, 0.6) is 0 Å². The van der Waals surface area contributed by atoms with E-state index in [4.69, 9.17) is 0 Å². The SMILES string of the molecule is CC(C)(O)CN1CCN(CCCn2ccnc2)CC1. The predicted octanol–water partition coefficient (Wildman–Crippen LogP) is 0.662. The van der Waals surface area contributed by atoms with Crippen molar-refractivity contribution in [1.82, 2.24) is 19.4 Å². The maximum Gasteiger partial charge on any atom is 0.0945 e. The van der Waals surface area contributed by atoms with Crippen LogP contribution in [0.25, 0.3) is 0 Å². The third-order valence-corrected chi connectivity index (χ3v) is 3.53. The van der Waals surface area contributed by atoms with Crippen molar-refractivity contribution in [3.8, 4) is 0 Å². The van der Waals surface area contributed by atoms with E-state index in [9.17, 15) is 5.11 Å². The zero-order valence-electron chi connectivity index (χ0n) is 12.1. The summed E-state index contributed by atoms with van der Waals surface area (Å²) in [5.41, 5.74) is -0.580. The maximum atomic E-state index is 9.82. The van der Waals surface area contributed by atoms with Crippen molar-refractivity contribution < 1.29 is 5.11 Å². The molecule has 2 rings (SSSR count). The van der Waals surface area contributed by atoms with Crippen molar-refractivity contribution in [2.75, 3.05) is 39.3 Å². The van der Waals surface area contributed by atoms with E-state index in [0.717, 1.165) is 45.8 Å². The monoisotopic (exact) mass is 266 g/mol. The van der Waals surface area contributed by atoms with Crippen LogP contribution in [-0.2, 0) is 6.54 Å². The summed E-state index contributed by atoms with van der Waals surface area (Å²) < 4.78 is 2.13. The minimum absolute atomic E-state index is 0.580.